The van der Waals surface area contributed by atoms with Crippen molar-refractivity contribution < 1.29 is 9.21 Å². The van der Waals surface area contributed by atoms with E-state index in [4.69, 9.17) is 10.2 Å². The number of nitrogens with zero attached hydrogens (tertiary/aromatic N) is 2. The van der Waals surface area contributed by atoms with Gasteiger partial charge in [-0.2, -0.15) is 0 Å². The van der Waals surface area contributed by atoms with E-state index in [1.54, 1.807) is 13.8 Å². The summed E-state index contributed by atoms with van der Waals surface area (Å²) in [6, 6.07) is 0.170. The first kappa shape index (κ1) is 14.4. The smallest absolute Gasteiger partial charge is 0.316 e. The van der Waals surface area contributed by atoms with Crippen LogP contribution >= 0.6 is 0 Å². The zero-order valence-corrected chi connectivity index (χ0v) is 11.3. The van der Waals surface area contributed by atoms with Crippen molar-refractivity contribution in [1.82, 2.24) is 15.5 Å². The Morgan fingerprint density at radius 1 is 1.50 bits per heavy atom. The highest BCUT2D eigenvalue weighted by Crippen LogP contribution is 2.17. The molecule has 1 atom stereocenters. The summed E-state index contributed by atoms with van der Waals surface area (Å²) in [6.45, 7) is 8.19. The maximum absolute atomic E-state index is 11.2. The lowest BCUT2D eigenvalue weighted by Gasteiger charge is -2.20. The van der Waals surface area contributed by atoms with Crippen LogP contribution in [-0.4, -0.2) is 28.2 Å². The third-order valence-corrected chi connectivity index (χ3v) is 2.55. The molecular weight excluding hydrogens is 234 g/mol. The summed E-state index contributed by atoms with van der Waals surface area (Å²) >= 11 is 0. The second-order valence-electron chi connectivity index (χ2n) is 4.74. The Morgan fingerprint density at radius 2 is 2.17 bits per heavy atom. The second kappa shape index (κ2) is 5.81. The molecule has 0 saturated carbocycles. The molecule has 7 heteroatoms. The van der Waals surface area contributed by atoms with Crippen LogP contribution in [-0.2, 0) is 4.79 Å². The number of primary amides is 1. The van der Waals surface area contributed by atoms with Crippen LogP contribution in [0.25, 0.3) is 0 Å². The lowest BCUT2D eigenvalue weighted by molar-refractivity contribution is -0.121. The number of carbonyl (C=O) groups excluding carboxylic acids is 1. The molecule has 7 nitrogen and oxygen atoms in total. The van der Waals surface area contributed by atoms with Crippen LogP contribution in [0.15, 0.2) is 4.42 Å². The van der Waals surface area contributed by atoms with E-state index in [0.29, 0.717) is 5.89 Å². The molecule has 0 aliphatic carbocycles. The minimum Gasteiger partial charge on any atom is -0.406 e. The normalized spacial score (nSPS) is 13.3. The van der Waals surface area contributed by atoms with Crippen LogP contribution in [0.4, 0.5) is 6.01 Å². The summed E-state index contributed by atoms with van der Waals surface area (Å²) in [6.07, 6.45) is 1.03. The van der Waals surface area contributed by atoms with E-state index in [0.717, 1.165) is 13.0 Å². The highest BCUT2D eigenvalue weighted by atomic mass is 16.4. The molecule has 1 aromatic rings. The van der Waals surface area contributed by atoms with Crippen molar-refractivity contribution in [3.63, 3.8) is 0 Å². The third-order valence-electron chi connectivity index (χ3n) is 2.55. The summed E-state index contributed by atoms with van der Waals surface area (Å²) < 4.78 is 5.42. The average molecular weight is 255 g/mol. The SMILES string of the molecule is CCCNC(C)c1nnc(NC(C)(C)C(N)=O)o1. The van der Waals surface area contributed by atoms with Crippen LogP contribution in [0.3, 0.4) is 0 Å². The maximum Gasteiger partial charge on any atom is 0.316 e. The lowest BCUT2D eigenvalue weighted by Crippen LogP contribution is -2.45. The Bertz CT molecular complexity index is 402. The van der Waals surface area contributed by atoms with E-state index >= 15 is 0 Å². The zero-order chi connectivity index (χ0) is 13.8. The standard InChI is InChI=1S/C11H21N5O2/c1-5-6-13-7(2)8-15-16-10(18-8)14-11(3,4)9(12)17/h7,13H,5-6H2,1-4H3,(H2,12,17)(H,14,16). The van der Waals surface area contributed by atoms with Crippen molar-refractivity contribution in [3.05, 3.63) is 5.89 Å². The first-order valence-electron chi connectivity index (χ1n) is 6.01. The van der Waals surface area contributed by atoms with Crippen molar-refractivity contribution in [1.29, 1.82) is 0 Å². The molecule has 102 valence electrons. The Balaban J connectivity index is 2.66. The fraction of sp³-hybridized carbons (Fsp3) is 0.727. The van der Waals surface area contributed by atoms with Crippen molar-refractivity contribution in [2.75, 3.05) is 11.9 Å². The first-order chi connectivity index (χ1) is 8.36. The van der Waals surface area contributed by atoms with E-state index < -0.39 is 11.4 Å². The summed E-state index contributed by atoms with van der Waals surface area (Å²) in [5, 5.41) is 13.8. The molecule has 18 heavy (non-hydrogen) atoms. The molecule has 0 aromatic carbocycles. The molecule has 0 fully saturated rings. The summed E-state index contributed by atoms with van der Waals surface area (Å²) in [5.74, 6) is -0.00868. The molecule has 1 heterocycles. The number of carbonyl (C=O) groups is 1. The number of amides is 1. The number of anilines is 1. The fourth-order valence-corrected chi connectivity index (χ4v) is 1.24. The van der Waals surface area contributed by atoms with E-state index in [1.165, 1.54) is 0 Å². The monoisotopic (exact) mass is 255 g/mol. The number of hydrogen-bond acceptors (Lipinski definition) is 6. The molecule has 1 unspecified atom stereocenters. The number of hydrogen-bond donors (Lipinski definition) is 3. The average Bonchev–Trinajstić information content (AvgIpc) is 2.73. The number of aromatic nitrogens is 2. The largest absolute Gasteiger partial charge is 0.406 e. The molecule has 0 spiro atoms. The maximum atomic E-state index is 11.2. The Kier molecular flexibility index (Phi) is 4.66. The fourth-order valence-electron chi connectivity index (χ4n) is 1.24. The predicted molar refractivity (Wildman–Crippen MR) is 67.9 cm³/mol. The van der Waals surface area contributed by atoms with Gasteiger partial charge < -0.3 is 20.8 Å². The molecule has 0 saturated heterocycles. The van der Waals surface area contributed by atoms with Gasteiger partial charge in [-0.15, -0.1) is 5.10 Å². The molecule has 1 amide bonds. The van der Waals surface area contributed by atoms with Gasteiger partial charge in [0.1, 0.15) is 5.54 Å². The number of nitrogens with two attached hydrogens (primary N) is 1. The highest BCUT2D eigenvalue weighted by Gasteiger charge is 2.27. The quantitative estimate of drug-likeness (QED) is 0.665. The van der Waals surface area contributed by atoms with E-state index in [1.807, 2.05) is 6.92 Å². The van der Waals surface area contributed by atoms with Gasteiger partial charge in [0.2, 0.25) is 11.8 Å². The summed E-state index contributed by atoms with van der Waals surface area (Å²) in [5.41, 5.74) is 4.32. The van der Waals surface area contributed by atoms with Crippen LogP contribution in [0.1, 0.15) is 46.0 Å². The van der Waals surface area contributed by atoms with Gasteiger partial charge in [0.15, 0.2) is 0 Å². The predicted octanol–water partition coefficient (Wildman–Crippen LogP) is 0.806. The van der Waals surface area contributed by atoms with Gasteiger partial charge in [-0.3, -0.25) is 4.79 Å². The van der Waals surface area contributed by atoms with Gasteiger partial charge in [0.05, 0.1) is 6.04 Å². The van der Waals surface area contributed by atoms with Crippen molar-refractivity contribution >= 4 is 11.9 Å². The molecule has 1 rings (SSSR count). The third kappa shape index (κ3) is 3.69. The minimum atomic E-state index is -0.927. The molecule has 1 aromatic heterocycles. The van der Waals surface area contributed by atoms with Gasteiger partial charge in [-0.25, -0.2) is 0 Å². The van der Waals surface area contributed by atoms with Crippen molar-refractivity contribution in [2.24, 2.45) is 5.73 Å². The topological polar surface area (TPSA) is 106 Å². The second-order valence-corrected chi connectivity index (χ2v) is 4.74. The van der Waals surface area contributed by atoms with Crippen LogP contribution in [0.5, 0.6) is 0 Å². The van der Waals surface area contributed by atoms with Gasteiger partial charge in [0, 0.05) is 0 Å². The van der Waals surface area contributed by atoms with Crippen molar-refractivity contribution in [3.8, 4) is 0 Å². The molecular formula is C11H21N5O2. The van der Waals surface area contributed by atoms with Crippen molar-refractivity contribution in [2.45, 2.75) is 45.7 Å². The number of rotatable bonds is 7. The molecule has 0 aliphatic rings. The van der Waals surface area contributed by atoms with Crippen LogP contribution in [0.2, 0.25) is 0 Å². The van der Waals surface area contributed by atoms with Crippen LogP contribution < -0.4 is 16.4 Å². The van der Waals surface area contributed by atoms with Gasteiger partial charge >= 0.3 is 6.01 Å². The highest BCUT2D eigenvalue weighted by molar-refractivity contribution is 5.86. The molecule has 4 N–H and O–H groups in total. The zero-order valence-electron chi connectivity index (χ0n) is 11.3. The van der Waals surface area contributed by atoms with E-state index in [2.05, 4.69) is 27.8 Å². The Morgan fingerprint density at radius 3 is 2.72 bits per heavy atom. The van der Waals surface area contributed by atoms with Crippen LogP contribution in [0, 0.1) is 0 Å². The summed E-state index contributed by atoms with van der Waals surface area (Å²) in [4.78, 5) is 11.2. The Hall–Kier alpha value is -1.63. The molecule has 0 aliphatic heterocycles. The Labute approximate surface area is 107 Å². The molecule has 0 radical (unpaired) electrons. The van der Waals surface area contributed by atoms with Gasteiger partial charge in [0.25, 0.3) is 0 Å². The number of nitrogens with one attached hydrogen (secondary N) is 2. The lowest BCUT2D eigenvalue weighted by atomic mass is 10.1. The van der Waals surface area contributed by atoms with Gasteiger partial charge in [-0.05, 0) is 33.7 Å². The van der Waals surface area contributed by atoms with Gasteiger partial charge in [-0.1, -0.05) is 12.0 Å². The molecule has 0 bridgehead atoms. The van der Waals surface area contributed by atoms with E-state index in [-0.39, 0.29) is 12.1 Å². The van der Waals surface area contributed by atoms with E-state index in [9.17, 15) is 4.79 Å². The summed E-state index contributed by atoms with van der Waals surface area (Å²) in [7, 11) is 0. The first-order valence-corrected chi connectivity index (χ1v) is 6.01. The minimum absolute atomic E-state index is 0.0234.